The molecule has 4 nitrogen and oxygen atoms in total. The molecule has 0 aliphatic carbocycles. The summed E-state index contributed by atoms with van der Waals surface area (Å²) in [6, 6.07) is 0. The van der Waals surface area contributed by atoms with Crippen molar-refractivity contribution in [1.29, 1.82) is 0 Å². The molecule has 0 aliphatic rings. The SMILES string of the molecule is O=P(O)(O)O.[Eu].[La]. The molecule has 0 fully saturated rings. The van der Waals surface area contributed by atoms with E-state index in [2.05, 4.69) is 0 Å². The quantitative estimate of drug-likeness (QED) is 0.469. The van der Waals surface area contributed by atoms with Crippen molar-refractivity contribution < 1.29 is 104 Å². The number of rotatable bonds is 0. The van der Waals surface area contributed by atoms with Gasteiger partial charge in [-0.2, -0.15) is 0 Å². The van der Waals surface area contributed by atoms with Crippen LogP contribution in [0.1, 0.15) is 0 Å². The number of phosphoric acid groups is 1. The summed E-state index contributed by atoms with van der Waals surface area (Å²) in [6.45, 7) is 0. The van der Waals surface area contributed by atoms with E-state index >= 15 is 0 Å². The van der Waals surface area contributed by atoms with E-state index in [-0.39, 0.29) is 85.0 Å². The summed E-state index contributed by atoms with van der Waals surface area (Å²) in [4.78, 5) is 21.6. The fourth-order valence-corrected chi connectivity index (χ4v) is 0. The fourth-order valence-electron chi connectivity index (χ4n) is 0. The molecule has 0 aliphatic heterocycles. The van der Waals surface area contributed by atoms with Crippen LogP contribution in [0.15, 0.2) is 0 Å². The van der Waals surface area contributed by atoms with E-state index < -0.39 is 7.82 Å². The average Bonchev–Trinajstić information content (AvgIpc) is 0.722. The first-order valence-electron chi connectivity index (χ1n) is 0.783. The van der Waals surface area contributed by atoms with Gasteiger partial charge in [-0.1, -0.05) is 0 Å². The van der Waals surface area contributed by atoms with Crippen LogP contribution in [0, 0.1) is 85.0 Å². The van der Waals surface area contributed by atoms with Gasteiger partial charge in [-0.05, 0) is 0 Å². The Labute approximate surface area is 109 Å². The Balaban J connectivity index is -0.0000000800. The van der Waals surface area contributed by atoms with Crippen LogP contribution in [-0.4, -0.2) is 14.7 Å². The molecule has 0 saturated heterocycles. The molecule has 0 aromatic heterocycles. The molecule has 0 amide bonds. The predicted octanol–water partition coefficient (Wildman–Crippen LogP) is -0.929. The summed E-state index contributed by atoms with van der Waals surface area (Å²) < 4.78 is 8.88. The first-order chi connectivity index (χ1) is 2.00. The van der Waals surface area contributed by atoms with Gasteiger partial charge in [0, 0.05) is 85.0 Å². The maximum atomic E-state index is 8.88. The van der Waals surface area contributed by atoms with E-state index in [0.29, 0.717) is 0 Å². The third-order valence-corrected chi connectivity index (χ3v) is 0. The molecule has 2 radical (unpaired) electrons. The minimum absolute atomic E-state index is 0. The van der Waals surface area contributed by atoms with E-state index in [4.69, 9.17) is 19.2 Å². The van der Waals surface area contributed by atoms with Crippen LogP contribution in [0.3, 0.4) is 0 Å². The molecule has 0 saturated carbocycles. The monoisotopic (exact) mass is 390 g/mol. The van der Waals surface area contributed by atoms with E-state index in [1.54, 1.807) is 0 Å². The summed E-state index contributed by atoms with van der Waals surface area (Å²) in [6.07, 6.45) is 0. The molecular formula is H3EuLaO4P. The minimum Gasteiger partial charge on any atom is -0.303 e. The van der Waals surface area contributed by atoms with Crippen LogP contribution >= 0.6 is 7.82 Å². The Morgan fingerprint density at radius 2 is 1.14 bits per heavy atom. The Bertz CT molecular complexity index is 57.8. The molecule has 0 aromatic rings. The zero-order chi connectivity index (χ0) is 4.50. The van der Waals surface area contributed by atoms with E-state index in [0.717, 1.165) is 0 Å². The van der Waals surface area contributed by atoms with Crippen molar-refractivity contribution in [3.63, 3.8) is 0 Å². The van der Waals surface area contributed by atoms with Crippen LogP contribution in [0.4, 0.5) is 0 Å². The Hall–Kier alpha value is 2.89. The van der Waals surface area contributed by atoms with Gasteiger partial charge in [0.2, 0.25) is 0 Å². The van der Waals surface area contributed by atoms with Crippen LogP contribution < -0.4 is 0 Å². The van der Waals surface area contributed by atoms with Crippen molar-refractivity contribution in [2.45, 2.75) is 0 Å². The van der Waals surface area contributed by atoms with Crippen molar-refractivity contribution in [3.8, 4) is 0 Å². The molecule has 0 bridgehead atoms. The molecule has 0 aromatic carbocycles. The van der Waals surface area contributed by atoms with Gasteiger partial charge in [-0.25, -0.2) is 4.57 Å². The van der Waals surface area contributed by atoms with E-state index in [9.17, 15) is 0 Å². The smallest absolute Gasteiger partial charge is 0.303 e. The Morgan fingerprint density at radius 1 is 1.14 bits per heavy atom. The van der Waals surface area contributed by atoms with Crippen molar-refractivity contribution in [2.24, 2.45) is 0 Å². The first kappa shape index (κ1) is 16.5. The van der Waals surface area contributed by atoms with Crippen molar-refractivity contribution in [3.05, 3.63) is 0 Å². The summed E-state index contributed by atoms with van der Waals surface area (Å²) in [7, 11) is -4.64. The average molecular weight is 389 g/mol. The minimum atomic E-state index is -4.64. The molecular weight excluding hydrogens is 386 g/mol. The maximum Gasteiger partial charge on any atom is 0.466 e. The summed E-state index contributed by atoms with van der Waals surface area (Å²) in [5.74, 6) is 0. The third-order valence-electron chi connectivity index (χ3n) is 0. The van der Waals surface area contributed by atoms with Gasteiger partial charge in [0.15, 0.2) is 0 Å². The predicted molar refractivity (Wildman–Crippen MR) is 14.3 cm³/mol. The standard InChI is InChI=1S/Eu.La.H3O4P/c;;1-5(2,3)4/h;;(H3,1,2,3,4). The summed E-state index contributed by atoms with van der Waals surface area (Å²) >= 11 is 0. The van der Waals surface area contributed by atoms with Gasteiger partial charge < -0.3 is 14.7 Å². The van der Waals surface area contributed by atoms with E-state index in [1.165, 1.54) is 0 Å². The third kappa shape index (κ3) is 50.5. The zero-order valence-electron chi connectivity index (χ0n) is 3.15. The van der Waals surface area contributed by atoms with Crippen LogP contribution in [0.5, 0.6) is 0 Å². The van der Waals surface area contributed by atoms with Crippen molar-refractivity contribution in [1.82, 2.24) is 0 Å². The maximum absolute atomic E-state index is 8.88. The normalized spacial score (nSPS) is 8.43. The number of hydrogen-bond acceptors (Lipinski definition) is 1. The molecule has 0 heterocycles. The molecule has 0 spiro atoms. The van der Waals surface area contributed by atoms with Crippen molar-refractivity contribution >= 4 is 7.82 Å². The van der Waals surface area contributed by atoms with Crippen LogP contribution in [0.2, 0.25) is 0 Å². The van der Waals surface area contributed by atoms with Gasteiger partial charge in [-0.15, -0.1) is 0 Å². The molecule has 42 valence electrons. The summed E-state index contributed by atoms with van der Waals surface area (Å²) in [5, 5.41) is 0. The molecule has 7 heteroatoms. The fraction of sp³-hybridized carbons (Fsp3) is 0. The Morgan fingerprint density at radius 3 is 1.14 bits per heavy atom. The van der Waals surface area contributed by atoms with Gasteiger partial charge >= 0.3 is 7.82 Å². The van der Waals surface area contributed by atoms with Gasteiger partial charge in [0.05, 0.1) is 0 Å². The van der Waals surface area contributed by atoms with Crippen molar-refractivity contribution in [2.75, 3.05) is 0 Å². The molecule has 7 heavy (non-hydrogen) atoms. The first-order valence-corrected chi connectivity index (χ1v) is 2.35. The van der Waals surface area contributed by atoms with E-state index in [1.807, 2.05) is 0 Å². The molecule has 0 rings (SSSR count). The molecule has 0 unspecified atom stereocenters. The molecule has 3 N–H and O–H groups in total. The second-order valence-corrected chi connectivity index (χ2v) is 1.54. The Kier molecular flexibility index (Phi) is 16.5. The van der Waals surface area contributed by atoms with Crippen LogP contribution in [0.25, 0.3) is 0 Å². The largest absolute Gasteiger partial charge is 0.466 e. The molecule has 0 atom stereocenters. The second kappa shape index (κ2) is 7.00. The van der Waals surface area contributed by atoms with Gasteiger partial charge in [0.25, 0.3) is 0 Å². The van der Waals surface area contributed by atoms with Crippen LogP contribution in [-0.2, 0) is 4.57 Å². The topological polar surface area (TPSA) is 77.8 Å². The van der Waals surface area contributed by atoms with Gasteiger partial charge in [-0.3, -0.25) is 0 Å². The summed E-state index contributed by atoms with van der Waals surface area (Å²) in [5.41, 5.74) is 0. The van der Waals surface area contributed by atoms with Gasteiger partial charge in [0.1, 0.15) is 0 Å². The zero-order valence-corrected chi connectivity index (χ0v) is 10.1. The second-order valence-electron chi connectivity index (χ2n) is 0.513. The number of hydrogen-bond donors (Lipinski definition) is 3.